The molecule has 0 saturated carbocycles. The Kier molecular flexibility index (Phi) is 7.08. The molecular formula is C22H22ClN3O4. The molecule has 1 aromatic heterocycles. The molecule has 0 atom stereocenters. The van der Waals surface area contributed by atoms with Crippen molar-refractivity contribution in [3.8, 4) is 17.2 Å². The van der Waals surface area contributed by atoms with Gasteiger partial charge in [-0.05, 0) is 55.8 Å². The third-order valence-corrected chi connectivity index (χ3v) is 4.59. The molecule has 0 spiro atoms. The van der Waals surface area contributed by atoms with Crippen molar-refractivity contribution in [2.45, 2.75) is 19.8 Å². The normalized spacial score (nSPS) is 10.5. The molecular weight excluding hydrogens is 406 g/mol. The van der Waals surface area contributed by atoms with Crippen molar-refractivity contribution in [3.05, 3.63) is 65.4 Å². The number of aromatic nitrogens is 2. The lowest BCUT2D eigenvalue weighted by Crippen LogP contribution is -2.15. The van der Waals surface area contributed by atoms with Crippen LogP contribution in [0.1, 0.15) is 30.1 Å². The minimum atomic E-state index is -0.159. The number of ketones is 1. The van der Waals surface area contributed by atoms with E-state index in [1.165, 1.54) is 14.0 Å². The molecule has 0 aliphatic rings. The van der Waals surface area contributed by atoms with Crippen molar-refractivity contribution in [2.75, 3.05) is 19.0 Å². The van der Waals surface area contributed by atoms with Crippen LogP contribution in [0, 0.1) is 0 Å². The van der Waals surface area contributed by atoms with Gasteiger partial charge in [-0.2, -0.15) is 5.10 Å². The van der Waals surface area contributed by atoms with Crippen LogP contribution < -0.4 is 14.8 Å². The van der Waals surface area contributed by atoms with E-state index in [9.17, 15) is 9.59 Å². The highest BCUT2D eigenvalue weighted by molar-refractivity contribution is 6.31. The predicted octanol–water partition coefficient (Wildman–Crippen LogP) is 4.53. The maximum absolute atomic E-state index is 12.4. The first-order valence-corrected chi connectivity index (χ1v) is 9.77. The van der Waals surface area contributed by atoms with Crippen LogP contribution in [0.5, 0.6) is 11.5 Å². The SMILES string of the molecule is COc1cc(C(C)=O)ccc1OCCCC(=O)Nc1cc(Cl)ccc1-n1cccn1. The van der Waals surface area contributed by atoms with E-state index in [0.717, 1.165) is 5.69 Å². The Hall–Kier alpha value is -3.32. The van der Waals surface area contributed by atoms with E-state index in [0.29, 0.717) is 40.8 Å². The Labute approximate surface area is 179 Å². The largest absolute Gasteiger partial charge is 0.493 e. The second kappa shape index (κ2) is 9.93. The van der Waals surface area contributed by atoms with Gasteiger partial charge >= 0.3 is 0 Å². The van der Waals surface area contributed by atoms with Crippen LogP contribution in [0.2, 0.25) is 5.02 Å². The van der Waals surface area contributed by atoms with Gasteiger partial charge in [0.05, 0.1) is 25.1 Å². The number of halogens is 1. The van der Waals surface area contributed by atoms with Crippen molar-refractivity contribution in [1.29, 1.82) is 0 Å². The van der Waals surface area contributed by atoms with E-state index >= 15 is 0 Å². The molecule has 1 amide bonds. The number of rotatable bonds is 9. The second-order valence-corrected chi connectivity index (χ2v) is 6.97. The maximum Gasteiger partial charge on any atom is 0.224 e. The van der Waals surface area contributed by atoms with Gasteiger partial charge in [-0.25, -0.2) is 4.68 Å². The van der Waals surface area contributed by atoms with Crippen molar-refractivity contribution >= 4 is 29.0 Å². The zero-order valence-corrected chi connectivity index (χ0v) is 17.5. The van der Waals surface area contributed by atoms with Crippen LogP contribution in [0.3, 0.4) is 0 Å². The number of methoxy groups -OCH3 is 1. The predicted molar refractivity (Wildman–Crippen MR) is 115 cm³/mol. The zero-order chi connectivity index (χ0) is 21.5. The summed E-state index contributed by atoms with van der Waals surface area (Å²) < 4.78 is 12.6. The molecule has 156 valence electrons. The van der Waals surface area contributed by atoms with Crippen LogP contribution >= 0.6 is 11.6 Å². The standard InChI is InChI=1S/C22H22ClN3O4/c1-15(27)16-6-9-20(21(13-16)29-2)30-12-3-5-22(28)25-18-14-17(23)7-8-19(18)26-11-4-10-24-26/h4,6-11,13-14H,3,5,12H2,1-2H3,(H,25,28). The van der Waals surface area contributed by atoms with Gasteiger partial charge in [0.1, 0.15) is 0 Å². The highest BCUT2D eigenvalue weighted by atomic mass is 35.5. The lowest BCUT2D eigenvalue weighted by Gasteiger charge is -2.13. The molecule has 0 saturated heterocycles. The monoisotopic (exact) mass is 427 g/mol. The molecule has 3 rings (SSSR count). The van der Waals surface area contributed by atoms with Gasteiger partial charge in [0.25, 0.3) is 0 Å². The summed E-state index contributed by atoms with van der Waals surface area (Å²) in [6.07, 6.45) is 4.21. The molecule has 8 heteroatoms. The number of anilines is 1. The fourth-order valence-corrected chi connectivity index (χ4v) is 3.02. The number of hydrogen-bond donors (Lipinski definition) is 1. The minimum absolute atomic E-state index is 0.0491. The fourth-order valence-electron chi connectivity index (χ4n) is 2.85. The summed E-state index contributed by atoms with van der Waals surface area (Å²) >= 11 is 6.08. The molecule has 30 heavy (non-hydrogen) atoms. The topological polar surface area (TPSA) is 82.5 Å². The van der Waals surface area contributed by atoms with Crippen molar-refractivity contribution in [1.82, 2.24) is 9.78 Å². The Morgan fingerprint density at radius 2 is 2.00 bits per heavy atom. The average molecular weight is 428 g/mol. The summed E-state index contributed by atoms with van der Waals surface area (Å²) in [5.74, 6) is 0.800. The second-order valence-electron chi connectivity index (χ2n) is 6.53. The van der Waals surface area contributed by atoms with Gasteiger partial charge in [0.15, 0.2) is 17.3 Å². The first kappa shape index (κ1) is 21.4. The van der Waals surface area contributed by atoms with Gasteiger partial charge < -0.3 is 14.8 Å². The molecule has 0 fully saturated rings. The molecule has 2 aromatic carbocycles. The van der Waals surface area contributed by atoms with Crippen LogP contribution in [-0.2, 0) is 4.79 Å². The van der Waals surface area contributed by atoms with Crippen LogP contribution in [-0.4, -0.2) is 35.2 Å². The average Bonchev–Trinajstić information content (AvgIpc) is 3.25. The van der Waals surface area contributed by atoms with Crippen molar-refractivity contribution in [2.24, 2.45) is 0 Å². The zero-order valence-electron chi connectivity index (χ0n) is 16.7. The number of Topliss-reactive ketones (excluding diaryl/α,β-unsaturated/α-hetero) is 1. The third-order valence-electron chi connectivity index (χ3n) is 4.36. The van der Waals surface area contributed by atoms with Gasteiger partial charge in [-0.1, -0.05) is 11.6 Å². The van der Waals surface area contributed by atoms with E-state index < -0.39 is 0 Å². The molecule has 1 heterocycles. The van der Waals surface area contributed by atoms with Gasteiger partial charge in [-0.15, -0.1) is 0 Å². The number of nitrogens with zero attached hydrogens (tertiary/aromatic N) is 2. The van der Waals surface area contributed by atoms with E-state index in [2.05, 4.69) is 10.4 Å². The first-order chi connectivity index (χ1) is 14.5. The number of nitrogens with one attached hydrogen (secondary N) is 1. The first-order valence-electron chi connectivity index (χ1n) is 9.39. The smallest absolute Gasteiger partial charge is 0.224 e. The molecule has 3 aromatic rings. The minimum Gasteiger partial charge on any atom is -0.493 e. The van der Waals surface area contributed by atoms with Crippen LogP contribution in [0.4, 0.5) is 5.69 Å². The van der Waals surface area contributed by atoms with E-state index in [4.69, 9.17) is 21.1 Å². The highest BCUT2D eigenvalue weighted by Gasteiger charge is 2.11. The summed E-state index contributed by atoms with van der Waals surface area (Å²) in [6.45, 7) is 1.82. The molecule has 7 nitrogen and oxygen atoms in total. The molecule has 0 bridgehead atoms. The quantitative estimate of drug-likeness (QED) is 0.400. The summed E-state index contributed by atoms with van der Waals surface area (Å²) in [4.78, 5) is 23.9. The Morgan fingerprint density at radius 3 is 2.70 bits per heavy atom. The van der Waals surface area contributed by atoms with E-state index in [1.807, 2.05) is 0 Å². The maximum atomic E-state index is 12.4. The van der Waals surface area contributed by atoms with Gasteiger partial charge in [0.2, 0.25) is 5.91 Å². The van der Waals surface area contributed by atoms with Crippen LogP contribution in [0.25, 0.3) is 5.69 Å². The number of amides is 1. The molecule has 0 aliphatic carbocycles. The summed E-state index contributed by atoms with van der Waals surface area (Å²) in [5.41, 5.74) is 1.86. The lowest BCUT2D eigenvalue weighted by molar-refractivity contribution is -0.116. The number of hydrogen-bond acceptors (Lipinski definition) is 5. The molecule has 1 N–H and O–H groups in total. The molecule has 0 aliphatic heterocycles. The van der Waals surface area contributed by atoms with E-state index in [-0.39, 0.29) is 18.1 Å². The Bertz CT molecular complexity index is 1030. The number of benzene rings is 2. The number of carbonyl (C=O) groups is 2. The molecule has 0 unspecified atom stereocenters. The lowest BCUT2D eigenvalue weighted by atomic mass is 10.1. The van der Waals surface area contributed by atoms with Gasteiger partial charge in [-0.3, -0.25) is 9.59 Å². The van der Waals surface area contributed by atoms with E-state index in [1.54, 1.807) is 59.5 Å². The van der Waals surface area contributed by atoms with Crippen molar-refractivity contribution in [3.63, 3.8) is 0 Å². The Morgan fingerprint density at radius 1 is 1.17 bits per heavy atom. The van der Waals surface area contributed by atoms with Crippen LogP contribution in [0.15, 0.2) is 54.9 Å². The summed E-state index contributed by atoms with van der Waals surface area (Å²) in [5, 5.41) is 7.59. The summed E-state index contributed by atoms with van der Waals surface area (Å²) in [7, 11) is 1.52. The number of carbonyl (C=O) groups excluding carboxylic acids is 2. The summed E-state index contributed by atoms with van der Waals surface area (Å²) in [6, 6.07) is 12.0. The van der Waals surface area contributed by atoms with Crippen molar-refractivity contribution < 1.29 is 19.1 Å². The number of ether oxygens (including phenoxy) is 2. The molecule has 0 radical (unpaired) electrons. The Balaban J connectivity index is 1.55. The fraction of sp³-hybridized carbons (Fsp3) is 0.227. The van der Waals surface area contributed by atoms with Gasteiger partial charge in [0, 0.05) is 29.4 Å². The third kappa shape index (κ3) is 5.39. The highest BCUT2D eigenvalue weighted by Crippen LogP contribution is 2.28.